The second-order valence-corrected chi connectivity index (χ2v) is 6.43. The Kier molecular flexibility index (Phi) is 3.59. The van der Waals surface area contributed by atoms with E-state index in [0.717, 1.165) is 8.95 Å². The van der Waals surface area contributed by atoms with Crippen LogP contribution in [0.4, 0.5) is 0 Å². The Morgan fingerprint density at radius 1 is 1.05 bits per heavy atom. The maximum atomic E-state index is 12.5. The van der Waals surface area contributed by atoms with E-state index in [-0.39, 0.29) is 5.78 Å². The minimum Gasteiger partial charge on any atom is -0.408 e. The smallest absolute Gasteiger partial charge is 0.408 e. The molecule has 1 heterocycles. The summed E-state index contributed by atoms with van der Waals surface area (Å²) in [5, 5.41) is 0. The summed E-state index contributed by atoms with van der Waals surface area (Å²) < 4.78 is 8.14. The van der Waals surface area contributed by atoms with Crippen molar-refractivity contribution in [3.63, 3.8) is 0 Å². The Bertz CT molecular complexity index is 904. The van der Waals surface area contributed by atoms with Gasteiger partial charge in [0.05, 0.1) is 5.52 Å². The van der Waals surface area contributed by atoms with E-state index in [2.05, 4.69) is 31.9 Å². The van der Waals surface area contributed by atoms with E-state index in [4.69, 9.17) is 4.42 Å². The Morgan fingerprint density at radius 3 is 2.38 bits per heavy atom. The highest BCUT2D eigenvalue weighted by Crippen LogP contribution is 2.23. The summed E-state index contributed by atoms with van der Waals surface area (Å²) in [5.74, 6) is -0.579. The number of rotatable bonds is 2. The highest BCUT2D eigenvalue weighted by Gasteiger charge is 2.14. The minimum atomic E-state index is -0.445. The van der Waals surface area contributed by atoms with Crippen LogP contribution in [0.1, 0.15) is 15.9 Å². The van der Waals surface area contributed by atoms with Gasteiger partial charge in [-0.2, -0.15) is 0 Å². The van der Waals surface area contributed by atoms with Crippen molar-refractivity contribution in [2.45, 2.75) is 0 Å². The molecule has 3 aromatic rings. The normalized spacial score (nSPS) is 11.0. The first kappa shape index (κ1) is 14.3. The van der Waals surface area contributed by atoms with Gasteiger partial charge in [0.1, 0.15) is 0 Å². The third-order valence-electron chi connectivity index (χ3n) is 3.18. The number of oxazole rings is 1. The molecule has 0 radical (unpaired) electrons. The lowest BCUT2D eigenvalue weighted by molar-refractivity contribution is 0.103. The van der Waals surface area contributed by atoms with Crippen LogP contribution in [0.5, 0.6) is 0 Å². The lowest BCUT2D eigenvalue weighted by Crippen LogP contribution is -2.08. The van der Waals surface area contributed by atoms with Crippen molar-refractivity contribution in [1.82, 2.24) is 4.57 Å². The standard InChI is InChI=1S/C15H9Br2NO3/c1-18-12-3-2-8(6-13(12)21-15(18)20)14(19)9-4-10(16)7-11(17)5-9/h2-7H,1H3. The number of hydrogen-bond acceptors (Lipinski definition) is 3. The van der Waals surface area contributed by atoms with E-state index in [0.29, 0.717) is 22.2 Å². The maximum Gasteiger partial charge on any atom is 0.419 e. The largest absolute Gasteiger partial charge is 0.419 e. The zero-order chi connectivity index (χ0) is 15.1. The van der Waals surface area contributed by atoms with Crippen LogP contribution in [0.3, 0.4) is 0 Å². The van der Waals surface area contributed by atoms with Crippen LogP contribution in [0.25, 0.3) is 11.1 Å². The molecule has 0 aliphatic heterocycles. The molecule has 6 heteroatoms. The second kappa shape index (κ2) is 5.27. The fourth-order valence-corrected chi connectivity index (χ4v) is 3.42. The molecule has 1 aromatic heterocycles. The molecule has 106 valence electrons. The Balaban J connectivity index is 2.11. The number of nitrogens with zero attached hydrogens (tertiary/aromatic N) is 1. The first-order chi connectivity index (χ1) is 9.95. The number of fused-ring (bicyclic) bond motifs is 1. The number of halogens is 2. The highest BCUT2D eigenvalue weighted by atomic mass is 79.9. The number of benzene rings is 2. The van der Waals surface area contributed by atoms with Gasteiger partial charge >= 0.3 is 5.76 Å². The van der Waals surface area contributed by atoms with E-state index in [1.54, 1.807) is 37.4 Å². The first-order valence-corrected chi connectivity index (χ1v) is 7.64. The highest BCUT2D eigenvalue weighted by molar-refractivity contribution is 9.11. The van der Waals surface area contributed by atoms with Crippen LogP contribution < -0.4 is 5.76 Å². The molecule has 0 N–H and O–H groups in total. The van der Waals surface area contributed by atoms with E-state index in [1.165, 1.54) is 4.57 Å². The van der Waals surface area contributed by atoms with Gasteiger partial charge < -0.3 is 4.42 Å². The molecule has 0 bridgehead atoms. The van der Waals surface area contributed by atoms with Gasteiger partial charge in [0.2, 0.25) is 0 Å². The predicted octanol–water partition coefficient (Wildman–Crippen LogP) is 3.89. The fourth-order valence-electron chi connectivity index (χ4n) is 2.13. The average molecular weight is 411 g/mol. The molecule has 4 nitrogen and oxygen atoms in total. The zero-order valence-electron chi connectivity index (χ0n) is 10.9. The van der Waals surface area contributed by atoms with Gasteiger partial charge in [-0.3, -0.25) is 9.36 Å². The number of hydrogen-bond donors (Lipinski definition) is 0. The molecule has 0 aliphatic carbocycles. The van der Waals surface area contributed by atoms with Crippen LogP contribution >= 0.6 is 31.9 Å². The van der Waals surface area contributed by atoms with Crippen molar-refractivity contribution in [3.05, 3.63) is 67.0 Å². The molecule has 0 saturated heterocycles. The summed E-state index contributed by atoms with van der Waals surface area (Å²) >= 11 is 6.72. The van der Waals surface area contributed by atoms with Gasteiger partial charge in [-0.15, -0.1) is 0 Å². The van der Waals surface area contributed by atoms with Crippen LogP contribution in [-0.4, -0.2) is 10.4 Å². The van der Waals surface area contributed by atoms with Gasteiger partial charge in [-0.25, -0.2) is 4.79 Å². The quantitative estimate of drug-likeness (QED) is 0.602. The molecule has 0 unspecified atom stereocenters. The molecule has 0 fully saturated rings. The molecular formula is C15H9Br2NO3. The third kappa shape index (κ3) is 2.61. The van der Waals surface area contributed by atoms with Crippen LogP contribution in [0.2, 0.25) is 0 Å². The number of carbonyl (C=O) groups is 1. The maximum absolute atomic E-state index is 12.5. The molecule has 3 rings (SSSR count). The summed E-state index contributed by atoms with van der Waals surface area (Å²) in [7, 11) is 1.63. The Labute approximate surface area is 136 Å². The van der Waals surface area contributed by atoms with Crippen molar-refractivity contribution in [2.75, 3.05) is 0 Å². The lowest BCUT2D eigenvalue weighted by Gasteiger charge is -2.03. The molecular weight excluding hydrogens is 402 g/mol. The van der Waals surface area contributed by atoms with Crippen LogP contribution in [0.15, 0.2) is 54.6 Å². The molecule has 0 spiro atoms. The van der Waals surface area contributed by atoms with Crippen molar-refractivity contribution in [2.24, 2.45) is 7.05 Å². The van der Waals surface area contributed by atoms with Crippen molar-refractivity contribution in [1.29, 1.82) is 0 Å². The topological polar surface area (TPSA) is 52.2 Å². The predicted molar refractivity (Wildman–Crippen MR) is 86.7 cm³/mol. The summed E-state index contributed by atoms with van der Waals surface area (Å²) in [6.07, 6.45) is 0. The number of aryl methyl sites for hydroxylation is 1. The minimum absolute atomic E-state index is 0.134. The summed E-state index contributed by atoms with van der Waals surface area (Å²) in [4.78, 5) is 24.0. The molecule has 0 saturated carbocycles. The van der Waals surface area contributed by atoms with Crippen LogP contribution in [-0.2, 0) is 7.05 Å². The van der Waals surface area contributed by atoms with E-state index >= 15 is 0 Å². The second-order valence-electron chi connectivity index (χ2n) is 4.60. The molecule has 0 atom stereocenters. The van der Waals surface area contributed by atoms with E-state index in [9.17, 15) is 9.59 Å². The molecule has 21 heavy (non-hydrogen) atoms. The van der Waals surface area contributed by atoms with E-state index < -0.39 is 5.76 Å². The molecule has 2 aromatic carbocycles. The number of ketones is 1. The summed E-state index contributed by atoms with van der Waals surface area (Å²) in [6.45, 7) is 0. The average Bonchev–Trinajstić information content (AvgIpc) is 2.71. The third-order valence-corrected chi connectivity index (χ3v) is 4.09. The van der Waals surface area contributed by atoms with Gasteiger partial charge in [-0.1, -0.05) is 31.9 Å². The van der Waals surface area contributed by atoms with Gasteiger partial charge in [0, 0.05) is 27.1 Å². The van der Waals surface area contributed by atoms with Gasteiger partial charge in [0.15, 0.2) is 11.4 Å². The van der Waals surface area contributed by atoms with Gasteiger partial charge in [0.25, 0.3) is 0 Å². The summed E-state index contributed by atoms with van der Waals surface area (Å²) in [5.41, 5.74) is 2.09. The van der Waals surface area contributed by atoms with Crippen molar-refractivity contribution < 1.29 is 9.21 Å². The zero-order valence-corrected chi connectivity index (χ0v) is 14.1. The molecule has 0 amide bonds. The summed E-state index contributed by atoms with van der Waals surface area (Å²) in [6, 6.07) is 10.3. The molecule has 0 aliphatic rings. The Morgan fingerprint density at radius 2 is 1.71 bits per heavy atom. The van der Waals surface area contributed by atoms with E-state index in [1.807, 2.05) is 6.07 Å². The fraction of sp³-hybridized carbons (Fsp3) is 0.0667. The van der Waals surface area contributed by atoms with Crippen molar-refractivity contribution in [3.8, 4) is 0 Å². The Hall–Kier alpha value is -1.66. The van der Waals surface area contributed by atoms with Crippen molar-refractivity contribution >= 4 is 48.7 Å². The monoisotopic (exact) mass is 409 g/mol. The SMILES string of the molecule is Cn1c(=O)oc2cc(C(=O)c3cc(Br)cc(Br)c3)ccc21. The van der Waals surface area contributed by atoms with Gasteiger partial charge in [-0.05, 0) is 36.4 Å². The first-order valence-electron chi connectivity index (χ1n) is 6.06. The number of carbonyl (C=O) groups excluding carboxylic acids is 1. The number of aromatic nitrogens is 1. The van der Waals surface area contributed by atoms with Crippen LogP contribution in [0, 0.1) is 0 Å². The lowest BCUT2D eigenvalue weighted by atomic mass is 10.0.